The number of piperazine rings is 1. The summed E-state index contributed by atoms with van der Waals surface area (Å²) in [4.78, 5) is 16.8. The van der Waals surface area contributed by atoms with Gasteiger partial charge in [-0.2, -0.15) is 5.10 Å². The molecule has 2 heterocycles. The molecule has 1 fully saturated rings. The summed E-state index contributed by atoms with van der Waals surface area (Å²) in [6.45, 7) is 7.65. The highest BCUT2D eigenvalue weighted by molar-refractivity contribution is 5.97. The number of likely N-dealkylation sites (N-methyl/N-ethyl adjacent to an activating group) is 2. The molecule has 7 nitrogen and oxygen atoms in total. The summed E-state index contributed by atoms with van der Waals surface area (Å²) in [6.07, 6.45) is 0. The van der Waals surface area contributed by atoms with Crippen molar-refractivity contribution in [3.63, 3.8) is 0 Å². The zero-order valence-corrected chi connectivity index (χ0v) is 13.3. The fraction of sp³-hybridized carbons (Fsp3) is 0.714. The first-order chi connectivity index (χ1) is 9.90. The maximum Gasteiger partial charge on any atom is 0.273 e. The molecule has 118 valence electrons. The van der Waals surface area contributed by atoms with Crippen LogP contribution in [0.2, 0.25) is 0 Å². The van der Waals surface area contributed by atoms with Gasteiger partial charge < -0.3 is 16.0 Å². The third-order valence-electron chi connectivity index (χ3n) is 4.10. The monoisotopic (exact) mass is 294 g/mol. The summed E-state index contributed by atoms with van der Waals surface area (Å²) in [6, 6.07) is 0.317. The molecule has 0 saturated carbocycles. The molecule has 7 heteroatoms. The number of hydrogen-bond acceptors (Lipinski definition) is 5. The Kier molecular flexibility index (Phi) is 4.84. The van der Waals surface area contributed by atoms with Crippen LogP contribution in [0.15, 0.2) is 0 Å². The van der Waals surface area contributed by atoms with Crippen LogP contribution in [0, 0.1) is 0 Å². The minimum absolute atomic E-state index is 0.211. The Bertz CT molecular complexity index is 498. The van der Waals surface area contributed by atoms with Crippen LogP contribution in [0.1, 0.15) is 35.9 Å². The molecule has 0 bridgehead atoms. The van der Waals surface area contributed by atoms with Crippen LogP contribution >= 0.6 is 0 Å². The molecule has 0 spiro atoms. The number of anilines is 1. The van der Waals surface area contributed by atoms with E-state index in [-0.39, 0.29) is 11.8 Å². The quantitative estimate of drug-likeness (QED) is 0.732. The molecule has 1 saturated heterocycles. The van der Waals surface area contributed by atoms with Crippen molar-refractivity contribution in [1.82, 2.24) is 25.3 Å². The van der Waals surface area contributed by atoms with E-state index in [0.717, 1.165) is 25.3 Å². The maximum atomic E-state index is 12.2. The van der Waals surface area contributed by atoms with Gasteiger partial charge in [-0.05, 0) is 20.0 Å². The summed E-state index contributed by atoms with van der Waals surface area (Å²) < 4.78 is 0. The normalized spacial score (nSPS) is 20.9. The number of nitrogens with two attached hydrogens (primary N) is 1. The number of nitrogens with zero attached hydrogens (tertiary/aromatic N) is 3. The molecule has 1 aliphatic heterocycles. The van der Waals surface area contributed by atoms with Gasteiger partial charge in [0.05, 0.1) is 11.4 Å². The highest BCUT2D eigenvalue weighted by Gasteiger charge is 2.24. The zero-order chi connectivity index (χ0) is 15.6. The highest BCUT2D eigenvalue weighted by Crippen LogP contribution is 2.21. The summed E-state index contributed by atoms with van der Waals surface area (Å²) in [5, 5.41) is 9.85. The second-order valence-electron chi connectivity index (χ2n) is 6.16. The predicted molar refractivity (Wildman–Crippen MR) is 83.3 cm³/mol. The Morgan fingerprint density at radius 2 is 2.19 bits per heavy atom. The van der Waals surface area contributed by atoms with Gasteiger partial charge >= 0.3 is 0 Å². The van der Waals surface area contributed by atoms with Gasteiger partial charge in [0.15, 0.2) is 5.69 Å². The third kappa shape index (κ3) is 3.54. The molecule has 0 radical (unpaired) electrons. The Labute approximate surface area is 125 Å². The minimum atomic E-state index is -0.211. The van der Waals surface area contributed by atoms with Gasteiger partial charge in [-0.15, -0.1) is 0 Å². The van der Waals surface area contributed by atoms with E-state index in [1.807, 2.05) is 13.8 Å². The number of carbonyl (C=O) groups is 1. The molecule has 1 aliphatic rings. The van der Waals surface area contributed by atoms with Gasteiger partial charge in [-0.25, -0.2) is 0 Å². The topological polar surface area (TPSA) is 90.3 Å². The second-order valence-corrected chi connectivity index (χ2v) is 6.16. The van der Waals surface area contributed by atoms with Crippen LogP contribution in [-0.2, 0) is 0 Å². The molecule has 2 rings (SSSR count). The largest absolute Gasteiger partial charge is 0.395 e. The SMILES string of the molecule is CC(C)c1[nH]nc(C(=O)NCC2CN(C)CCN2C)c1N. The van der Waals surface area contributed by atoms with Crippen molar-refractivity contribution in [2.45, 2.75) is 25.8 Å². The van der Waals surface area contributed by atoms with Crippen molar-refractivity contribution in [2.75, 3.05) is 46.0 Å². The first kappa shape index (κ1) is 15.8. The number of nitrogen functional groups attached to an aromatic ring is 1. The molecular weight excluding hydrogens is 268 g/mol. The van der Waals surface area contributed by atoms with Crippen molar-refractivity contribution in [2.24, 2.45) is 0 Å². The Hall–Kier alpha value is -1.60. The van der Waals surface area contributed by atoms with Crippen LogP contribution in [0.25, 0.3) is 0 Å². The lowest BCUT2D eigenvalue weighted by atomic mass is 10.1. The fourth-order valence-corrected chi connectivity index (χ4v) is 2.59. The molecule has 1 aromatic rings. The Morgan fingerprint density at radius 3 is 2.81 bits per heavy atom. The Balaban J connectivity index is 1.95. The Morgan fingerprint density at radius 1 is 1.48 bits per heavy atom. The average Bonchev–Trinajstić information content (AvgIpc) is 2.81. The van der Waals surface area contributed by atoms with Crippen molar-refractivity contribution >= 4 is 11.6 Å². The smallest absolute Gasteiger partial charge is 0.273 e. The van der Waals surface area contributed by atoms with Gasteiger partial charge in [0, 0.05) is 32.2 Å². The van der Waals surface area contributed by atoms with Gasteiger partial charge in [-0.1, -0.05) is 13.8 Å². The standard InChI is InChI=1S/C14H26N6O/c1-9(2)12-11(15)13(18-17-12)14(21)16-7-10-8-19(3)5-6-20(10)4/h9-10H,5-8,15H2,1-4H3,(H,16,21)(H,17,18). The summed E-state index contributed by atoms with van der Waals surface area (Å²) in [7, 11) is 4.19. The van der Waals surface area contributed by atoms with Gasteiger partial charge in [0.1, 0.15) is 0 Å². The van der Waals surface area contributed by atoms with Crippen molar-refractivity contribution in [3.8, 4) is 0 Å². The predicted octanol–water partition coefficient (Wildman–Crippen LogP) is 0.0909. The number of nitrogens with one attached hydrogen (secondary N) is 2. The first-order valence-electron chi connectivity index (χ1n) is 7.40. The van der Waals surface area contributed by atoms with E-state index in [1.165, 1.54) is 0 Å². The van der Waals surface area contributed by atoms with E-state index in [2.05, 4.69) is 39.4 Å². The third-order valence-corrected chi connectivity index (χ3v) is 4.10. The van der Waals surface area contributed by atoms with E-state index in [0.29, 0.717) is 24.0 Å². The maximum absolute atomic E-state index is 12.2. The summed E-state index contributed by atoms with van der Waals surface area (Å²) in [5.41, 5.74) is 7.56. The summed E-state index contributed by atoms with van der Waals surface area (Å²) in [5.74, 6) is 0.00875. The van der Waals surface area contributed by atoms with E-state index in [9.17, 15) is 4.79 Å². The van der Waals surface area contributed by atoms with E-state index in [4.69, 9.17) is 5.73 Å². The van der Waals surface area contributed by atoms with Crippen molar-refractivity contribution in [3.05, 3.63) is 11.4 Å². The van der Waals surface area contributed by atoms with Crippen LogP contribution < -0.4 is 11.1 Å². The number of carbonyl (C=O) groups excluding carboxylic acids is 1. The molecule has 1 atom stereocenters. The lowest BCUT2D eigenvalue weighted by Gasteiger charge is -2.37. The highest BCUT2D eigenvalue weighted by atomic mass is 16.2. The van der Waals surface area contributed by atoms with Crippen LogP contribution in [-0.4, -0.2) is 72.2 Å². The number of H-pyrrole nitrogens is 1. The number of hydrogen-bond donors (Lipinski definition) is 3. The molecule has 1 unspecified atom stereocenters. The van der Waals surface area contributed by atoms with Crippen LogP contribution in [0.4, 0.5) is 5.69 Å². The van der Waals surface area contributed by atoms with E-state index >= 15 is 0 Å². The van der Waals surface area contributed by atoms with E-state index in [1.54, 1.807) is 0 Å². The lowest BCUT2D eigenvalue weighted by Crippen LogP contribution is -2.54. The van der Waals surface area contributed by atoms with Gasteiger partial charge in [-0.3, -0.25) is 14.8 Å². The van der Waals surface area contributed by atoms with Crippen LogP contribution in [0.5, 0.6) is 0 Å². The number of aromatic amines is 1. The van der Waals surface area contributed by atoms with Crippen molar-refractivity contribution in [1.29, 1.82) is 0 Å². The number of aromatic nitrogens is 2. The van der Waals surface area contributed by atoms with Gasteiger partial charge in [0.2, 0.25) is 0 Å². The number of amides is 1. The molecule has 1 amide bonds. The van der Waals surface area contributed by atoms with Gasteiger partial charge in [0.25, 0.3) is 5.91 Å². The molecular formula is C14H26N6O. The molecule has 21 heavy (non-hydrogen) atoms. The second kappa shape index (κ2) is 6.44. The summed E-state index contributed by atoms with van der Waals surface area (Å²) >= 11 is 0. The van der Waals surface area contributed by atoms with Crippen LogP contribution in [0.3, 0.4) is 0 Å². The van der Waals surface area contributed by atoms with Crippen molar-refractivity contribution < 1.29 is 4.79 Å². The fourth-order valence-electron chi connectivity index (χ4n) is 2.59. The molecule has 4 N–H and O–H groups in total. The lowest BCUT2D eigenvalue weighted by molar-refractivity contribution is 0.0877. The minimum Gasteiger partial charge on any atom is -0.395 e. The number of rotatable bonds is 4. The molecule has 0 aliphatic carbocycles. The average molecular weight is 294 g/mol. The first-order valence-corrected chi connectivity index (χ1v) is 7.40. The zero-order valence-electron chi connectivity index (χ0n) is 13.3. The molecule has 0 aromatic carbocycles. The van der Waals surface area contributed by atoms with E-state index < -0.39 is 0 Å². The molecule has 1 aromatic heterocycles.